The Balaban J connectivity index is 0.000000215. The highest BCUT2D eigenvalue weighted by Crippen LogP contribution is 2.43. The third kappa shape index (κ3) is 11.5. The first-order valence-corrected chi connectivity index (χ1v) is 21.6. The van der Waals surface area contributed by atoms with Crippen molar-refractivity contribution in [2.45, 2.75) is 26.5 Å². The Morgan fingerprint density at radius 2 is 1.07 bits per heavy atom. The van der Waals surface area contributed by atoms with Crippen molar-refractivity contribution < 1.29 is 61.4 Å². The molecule has 1 heterocycles. The number of nitrogens with zero attached hydrogens (tertiary/aromatic N) is 3. The first-order valence-electron chi connectivity index (χ1n) is 15.9. The van der Waals surface area contributed by atoms with Crippen LogP contribution in [0.1, 0.15) is 5.56 Å². The number of benzene rings is 5. The van der Waals surface area contributed by atoms with E-state index in [1.54, 1.807) is 6.07 Å². The van der Waals surface area contributed by atoms with Crippen molar-refractivity contribution in [3.8, 4) is 5.75 Å². The van der Waals surface area contributed by atoms with E-state index in [2.05, 4.69) is 25.6 Å². The van der Waals surface area contributed by atoms with E-state index in [4.69, 9.17) is 46.9 Å². The van der Waals surface area contributed by atoms with E-state index in [1.807, 2.05) is 25.1 Å². The summed E-state index contributed by atoms with van der Waals surface area (Å²) in [6.07, 6.45) is -1.01. The van der Waals surface area contributed by atoms with Crippen molar-refractivity contribution >= 4 is 103 Å². The minimum Gasteiger partial charge on any atom is -0.505 e. The summed E-state index contributed by atoms with van der Waals surface area (Å²) < 4.78 is 138. The maximum absolute atomic E-state index is 13.7. The predicted molar refractivity (Wildman–Crippen MR) is 217 cm³/mol. The Morgan fingerprint density at radius 3 is 1.53 bits per heavy atom. The second-order valence-corrected chi connectivity index (χ2v) is 17.6. The summed E-state index contributed by atoms with van der Waals surface area (Å²) >= 11 is 0. The minimum absolute atomic E-state index is 0.0156. The third-order valence-electron chi connectivity index (χ3n) is 7.60. The fourth-order valence-corrected chi connectivity index (χ4v) is 7.32. The lowest BCUT2D eigenvalue weighted by Gasteiger charge is -2.14. The van der Waals surface area contributed by atoms with Crippen molar-refractivity contribution in [2.24, 2.45) is 0 Å². The largest absolute Gasteiger partial charge is 0.505 e. The van der Waals surface area contributed by atoms with Gasteiger partial charge in [0, 0.05) is 17.1 Å². The molecule has 0 amide bonds. The van der Waals surface area contributed by atoms with Crippen LogP contribution < -0.4 is 39.3 Å². The number of aromatic nitrogens is 3. The molecule has 0 atom stereocenters. The van der Waals surface area contributed by atoms with Gasteiger partial charge in [0.15, 0.2) is 0 Å². The first kappa shape index (κ1) is 46.0. The van der Waals surface area contributed by atoms with Crippen LogP contribution in [0.4, 0.5) is 56.1 Å². The number of nitrogens with two attached hydrogens (primary N) is 5. The molecule has 0 saturated heterocycles. The average molecular weight is 913 g/mol. The van der Waals surface area contributed by atoms with Crippen LogP contribution in [0.2, 0.25) is 0 Å². The van der Waals surface area contributed by atoms with E-state index in [-0.39, 0.29) is 33.3 Å². The van der Waals surface area contributed by atoms with E-state index >= 15 is 0 Å². The smallest absolute Gasteiger partial charge is 0.315 e. The summed E-state index contributed by atoms with van der Waals surface area (Å²) in [4.78, 5) is 8.99. The molecule has 6 aromatic rings. The lowest BCUT2D eigenvalue weighted by atomic mass is 10.1. The van der Waals surface area contributed by atoms with Gasteiger partial charge in [-0.3, -0.25) is 18.2 Å². The Bertz CT molecular complexity index is 3010. The normalized spacial score (nSPS) is 11.8. The monoisotopic (exact) mass is 912 g/mol. The van der Waals surface area contributed by atoms with Crippen LogP contribution in [0.25, 0.3) is 10.8 Å². The van der Waals surface area contributed by atoms with Gasteiger partial charge in [0.05, 0.1) is 33.0 Å². The summed E-state index contributed by atoms with van der Waals surface area (Å²) in [5.74, 6) is -0.925. The quantitative estimate of drug-likeness (QED) is 0.0593. The number of nitrogens with one attached hydrogen (secondary N) is 2. The third-order valence-corrected chi connectivity index (χ3v) is 11.2. The Hall–Kier alpha value is -6.66. The zero-order valence-electron chi connectivity index (χ0n) is 30.2. The van der Waals surface area contributed by atoms with Gasteiger partial charge in [0.2, 0.25) is 11.9 Å². The molecule has 60 heavy (non-hydrogen) atoms. The van der Waals surface area contributed by atoms with Crippen LogP contribution in [0.5, 0.6) is 5.75 Å². The molecule has 0 bridgehead atoms. The van der Waals surface area contributed by atoms with Crippen LogP contribution in [0.3, 0.4) is 0 Å². The van der Waals surface area contributed by atoms with Crippen LogP contribution in [0, 0.1) is 13.0 Å². The maximum atomic E-state index is 13.7. The number of phenolic OH excluding ortho intramolecular Hbond substituents is 1. The summed E-state index contributed by atoms with van der Waals surface area (Å²) in [6.45, 7) is 1.91. The molecule has 0 radical (unpaired) electrons. The second-order valence-electron chi connectivity index (χ2n) is 12.0. The number of anilines is 9. The van der Waals surface area contributed by atoms with Crippen LogP contribution in [-0.4, -0.2) is 71.9 Å². The van der Waals surface area contributed by atoms with E-state index in [1.165, 1.54) is 36.4 Å². The molecule has 0 unspecified atom stereocenters. The number of phenols is 1. The van der Waals surface area contributed by atoms with Crippen LogP contribution in [0.15, 0.2) is 98.4 Å². The molecule has 28 heteroatoms. The summed E-state index contributed by atoms with van der Waals surface area (Å²) in [5, 5.41) is 15.1. The molecule has 6 rings (SSSR count). The van der Waals surface area contributed by atoms with Crippen molar-refractivity contribution in [1.82, 2.24) is 15.0 Å². The van der Waals surface area contributed by atoms with E-state index in [9.17, 15) is 43.2 Å². The van der Waals surface area contributed by atoms with Gasteiger partial charge in [-0.1, -0.05) is 12.1 Å². The van der Waals surface area contributed by atoms with E-state index < -0.39 is 84.0 Å². The van der Waals surface area contributed by atoms with E-state index in [0.29, 0.717) is 17.1 Å². The van der Waals surface area contributed by atoms with Gasteiger partial charge >= 0.3 is 6.08 Å². The van der Waals surface area contributed by atoms with Gasteiger partial charge in [-0.15, -0.1) is 0 Å². The highest BCUT2D eigenvalue weighted by atomic mass is 32.2. The van der Waals surface area contributed by atoms with Gasteiger partial charge in [0.1, 0.15) is 20.4 Å². The molecule has 0 fully saturated rings. The number of fused-ring (bicyclic) bond motifs is 1. The van der Waals surface area contributed by atoms with Crippen molar-refractivity contribution in [3.63, 3.8) is 0 Å². The van der Waals surface area contributed by atoms with Crippen molar-refractivity contribution in [3.05, 3.63) is 90.5 Å². The number of rotatable bonds is 8. The lowest BCUT2D eigenvalue weighted by Crippen LogP contribution is -2.08. The maximum Gasteiger partial charge on any atom is 0.315 e. The highest BCUT2D eigenvalue weighted by molar-refractivity contribution is 7.86. The number of hydrogen-bond donors (Lipinski definition) is 12. The topological polar surface area (TPSA) is 431 Å². The number of aryl methyl sites for hydroxylation is 1. The molecule has 0 spiro atoms. The van der Waals surface area contributed by atoms with Crippen molar-refractivity contribution in [2.75, 3.05) is 39.3 Å². The highest BCUT2D eigenvalue weighted by Gasteiger charge is 2.25. The molecule has 1 aromatic heterocycles. The molecule has 17 N–H and O–H groups in total. The summed E-state index contributed by atoms with van der Waals surface area (Å²) in [6, 6.07) is 17.9. The molecule has 5 aromatic carbocycles. The average Bonchev–Trinajstić information content (AvgIpc) is 3.10. The SMILES string of the molecule is Cc1cccc(Nc2nc(F)nc(Nc3ccc(S(=O)(=O)O)c(N)c3)n2)c1.Nc1c(S(=O)(=O)O)cc2cc(S(=O)(=O)O)c(N)c(O)c2c1N.Nc1ccc(S(=O)(=O)O)cc1. The van der Waals surface area contributed by atoms with Crippen LogP contribution >= 0.6 is 0 Å². The van der Waals surface area contributed by atoms with Crippen molar-refractivity contribution in [1.29, 1.82) is 0 Å². The van der Waals surface area contributed by atoms with Gasteiger partial charge in [-0.05, 0) is 84.6 Å². The second kappa shape index (κ2) is 17.3. The Morgan fingerprint density at radius 1 is 0.567 bits per heavy atom. The van der Waals surface area contributed by atoms with Gasteiger partial charge in [-0.2, -0.15) is 53.0 Å². The molecule has 320 valence electrons. The van der Waals surface area contributed by atoms with E-state index in [0.717, 1.165) is 23.8 Å². The molecule has 0 saturated carbocycles. The number of hydrogen-bond acceptors (Lipinski definition) is 19. The number of nitrogen functional groups attached to an aromatic ring is 5. The number of aromatic hydroxyl groups is 1. The minimum atomic E-state index is -4.79. The molecule has 0 aliphatic carbocycles. The molecule has 23 nitrogen and oxygen atoms in total. The standard InChI is InChI=1S/C16H15FN6O3S.C10H11N3O7S2.C6H7NO3S/c1-9-3-2-4-10(7-9)19-15-21-14(17)22-16(23-15)20-11-5-6-13(12(18)8-11)27(24,25)26;11-7-4(21(15,16)17)1-3-2-5(22(18,19)20)8(12)10(14)6(3)9(7)13;7-5-1-3-6(4-2-5)11(8,9)10/h2-8H,18H2,1H3,(H,24,25,26)(H2,19,20,21,22,23);1-2,14H,11-13H2,(H,15,16,17)(H,18,19,20);1-4H,7H2,(H,8,9,10). The molecule has 0 aliphatic heterocycles. The zero-order valence-corrected chi connectivity index (χ0v) is 33.5. The lowest BCUT2D eigenvalue weighted by molar-refractivity contribution is 0.473. The molecular weight excluding hydrogens is 880 g/mol. The Kier molecular flexibility index (Phi) is 13.3. The predicted octanol–water partition coefficient (Wildman–Crippen LogP) is 2.94. The van der Waals surface area contributed by atoms with Gasteiger partial charge < -0.3 is 44.4 Å². The fraction of sp³-hybridized carbons (Fsp3) is 0.0312. The number of halogens is 1. The summed E-state index contributed by atoms with van der Waals surface area (Å²) in [5.41, 5.74) is 28.1. The Labute approximate surface area is 340 Å². The van der Waals surface area contributed by atoms with Crippen LogP contribution in [-0.2, 0) is 40.5 Å². The molecule has 0 aliphatic rings. The summed E-state index contributed by atoms with van der Waals surface area (Å²) in [7, 11) is -18.1. The zero-order chi connectivity index (χ0) is 45.1. The first-order chi connectivity index (χ1) is 27.6. The molecular formula is C32H33FN10O13S4. The fourth-order valence-electron chi connectivity index (χ4n) is 4.93. The van der Waals surface area contributed by atoms with Gasteiger partial charge in [0.25, 0.3) is 40.5 Å². The van der Waals surface area contributed by atoms with Gasteiger partial charge in [-0.25, -0.2) is 0 Å².